The number of rotatable bonds is 2. The third-order valence-corrected chi connectivity index (χ3v) is 2.02. The standard InChI is InChI=1S/C8H13NO2/c1-5(2)8-6(3)7(4-10)9-11-8/h4-6,8H,1-3H3/t6-,8-/m0/s1. The van der Waals surface area contributed by atoms with Crippen molar-refractivity contribution in [2.45, 2.75) is 26.9 Å². The molecule has 0 saturated carbocycles. The molecule has 0 saturated heterocycles. The van der Waals surface area contributed by atoms with Gasteiger partial charge in [0, 0.05) is 5.92 Å². The van der Waals surface area contributed by atoms with Crippen LogP contribution in [0.4, 0.5) is 0 Å². The van der Waals surface area contributed by atoms with Crippen LogP contribution in [-0.2, 0) is 9.63 Å². The van der Waals surface area contributed by atoms with Crippen LogP contribution in [0.5, 0.6) is 0 Å². The van der Waals surface area contributed by atoms with Crippen LogP contribution in [0.2, 0.25) is 0 Å². The molecule has 0 amide bonds. The normalized spacial score (nSPS) is 30.0. The maximum Gasteiger partial charge on any atom is 0.168 e. The lowest BCUT2D eigenvalue weighted by Gasteiger charge is -2.16. The van der Waals surface area contributed by atoms with Crippen molar-refractivity contribution < 1.29 is 9.63 Å². The Balaban J connectivity index is 2.63. The molecule has 2 atom stereocenters. The van der Waals surface area contributed by atoms with E-state index < -0.39 is 0 Å². The number of carbonyl (C=O) groups excluding carboxylic acids is 1. The molecule has 1 aliphatic rings. The van der Waals surface area contributed by atoms with Crippen molar-refractivity contribution in [3.8, 4) is 0 Å². The lowest BCUT2D eigenvalue weighted by atomic mass is 9.92. The Bertz CT molecular complexity index is 187. The second-order valence-electron chi connectivity index (χ2n) is 3.24. The van der Waals surface area contributed by atoms with Gasteiger partial charge >= 0.3 is 0 Å². The first-order valence-electron chi connectivity index (χ1n) is 3.85. The van der Waals surface area contributed by atoms with Crippen molar-refractivity contribution in [1.29, 1.82) is 0 Å². The van der Waals surface area contributed by atoms with E-state index in [1.165, 1.54) is 0 Å². The maximum atomic E-state index is 10.4. The number of hydrogen-bond donors (Lipinski definition) is 0. The minimum Gasteiger partial charge on any atom is -0.391 e. The number of hydrogen-bond acceptors (Lipinski definition) is 3. The summed E-state index contributed by atoms with van der Waals surface area (Å²) < 4.78 is 0. The van der Waals surface area contributed by atoms with Gasteiger partial charge in [-0.05, 0) is 5.92 Å². The van der Waals surface area contributed by atoms with E-state index in [4.69, 9.17) is 4.84 Å². The third-order valence-electron chi connectivity index (χ3n) is 2.02. The lowest BCUT2D eigenvalue weighted by Crippen LogP contribution is -2.25. The molecular weight excluding hydrogens is 142 g/mol. The summed E-state index contributed by atoms with van der Waals surface area (Å²) in [5.41, 5.74) is 0.531. The molecule has 3 nitrogen and oxygen atoms in total. The minimum absolute atomic E-state index is 0.0789. The third kappa shape index (κ3) is 1.42. The van der Waals surface area contributed by atoms with E-state index in [-0.39, 0.29) is 12.0 Å². The van der Waals surface area contributed by atoms with Gasteiger partial charge in [0.25, 0.3) is 0 Å². The molecule has 0 N–H and O–H groups in total. The second kappa shape index (κ2) is 3.03. The van der Waals surface area contributed by atoms with Gasteiger partial charge in [-0.2, -0.15) is 0 Å². The van der Waals surface area contributed by atoms with Crippen LogP contribution >= 0.6 is 0 Å². The van der Waals surface area contributed by atoms with Gasteiger partial charge in [-0.3, -0.25) is 4.79 Å². The van der Waals surface area contributed by atoms with Crippen LogP contribution in [0.3, 0.4) is 0 Å². The maximum absolute atomic E-state index is 10.4. The molecule has 0 aliphatic carbocycles. The van der Waals surface area contributed by atoms with Gasteiger partial charge in [-0.25, -0.2) is 0 Å². The minimum atomic E-state index is 0.0789. The highest BCUT2D eigenvalue weighted by molar-refractivity contribution is 6.29. The quantitative estimate of drug-likeness (QED) is 0.562. The van der Waals surface area contributed by atoms with E-state index >= 15 is 0 Å². The van der Waals surface area contributed by atoms with E-state index in [0.29, 0.717) is 11.6 Å². The summed E-state index contributed by atoms with van der Waals surface area (Å²) in [4.78, 5) is 15.5. The first-order chi connectivity index (χ1) is 5.16. The molecule has 0 spiro atoms. The molecule has 0 aromatic carbocycles. The van der Waals surface area contributed by atoms with Gasteiger partial charge in [-0.1, -0.05) is 25.9 Å². The molecule has 0 aromatic heterocycles. The van der Waals surface area contributed by atoms with Gasteiger partial charge in [0.1, 0.15) is 11.8 Å². The van der Waals surface area contributed by atoms with Crippen molar-refractivity contribution in [2.75, 3.05) is 0 Å². The van der Waals surface area contributed by atoms with E-state index in [2.05, 4.69) is 19.0 Å². The highest BCUT2D eigenvalue weighted by Crippen LogP contribution is 2.23. The van der Waals surface area contributed by atoms with Gasteiger partial charge < -0.3 is 4.84 Å². The highest BCUT2D eigenvalue weighted by Gasteiger charge is 2.32. The van der Waals surface area contributed by atoms with Gasteiger partial charge in [0.2, 0.25) is 0 Å². The smallest absolute Gasteiger partial charge is 0.168 e. The van der Waals surface area contributed by atoms with E-state index in [9.17, 15) is 4.79 Å². The Hall–Kier alpha value is -0.860. The van der Waals surface area contributed by atoms with Gasteiger partial charge in [-0.15, -0.1) is 0 Å². The van der Waals surface area contributed by atoms with Crippen molar-refractivity contribution in [3.05, 3.63) is 0 Å². The van der Waals surface area contributed by atoms with Crippen LogP contribution in [0, 0.1) is 11.8 Å². The molecule has 0 fully saturated rings. The summed E-state index contributed by atoms with van der Waals surface area (Å²) >= 11 is 0. The number of carbonyl (C=O) groups is 1. The SMILES string of the molecule is CC(C)[C@@H]1ON=C(C=O)[C@@H]1C. The summed E-state index contributed by atoms with van der Waals surface area (Å²) in [7, 11) is 0. The summed E-state index contributed by atoms with van der Waals surface area (Å²) in [6, 6.07) is 0. The van der Waals surface area contributed by atoms with Gasteiger partial charge in [0.15, 0.2) is 6.29 Å². The van der Waals surface area contributed by atoms with Crippen LogP contribution in [-0.4, -0.2) is 18.1 Å². The molecule has 0 aromatic rings. The number of oxime groups is 1. The topological polar surface area (TPSA) is 38.7 Å². The number of nitrogens with zero attached hydrogens (tertiary/aromatic N) is 1. The first-order valence-corrected chi connectivity index (χ1v) is 3.85. The average molecular weight is 155 g/mol. The first kappa shape index (κ1) is 8.24. The second-order valence-corrected chi connectivity index (χ2v) is 3.24. The predicted octanol–water partition coefficient (Wildman–Crippen LogP) is 1.23. The van der Waals surface area contributed by atoms with Crippen molar-refractivity contribution in [1.82, 2.24) is 0 Å². The zero-order chi connectivity index (χ0) is 8.43. The molecule has 62 valence electrons. The zero-order valence-electron chi connectivity index (χ0n) is 7.07. The summed E-state index contributed by atoms with van der Waals surface area (Å²) in [6.45, 7) is 6.08. The summed E-state index contributed by atoms with van der Waals surface area (Å²) in [6.07, 6.45) is 0.850. The molecule has 11 heavy (non-hydrogen) atoms. The molecule has 0 unspecified atom stereocenters. The van der Waals surface area contributed by atoms with Crippen LogP contribution in [0.1, 0.15) is 20.8 Å². The van der Waals surface area contributed by atoms with E-state index in [1.54, 1.807) is 0 Å². The van der Waals surface area contributed by atoms with Gasteiger partial charge in [0.05, 0.1) is 0 Å². The Kier molecular flexibility index (Phi) is 2.27. The molecule has 0 bridgehead atoms. The Labute approximate surface area is 66.4 Å². The fraction of sp³-hybridized carbons (Fsp3) is 0.750. The Morgan fingerprint density at radius 1 is 1.64 bits per heavy atom. The molecule has 1 heterocycles. The summed E-state index contributed by atoms with van der Waals surface area (Å²) in [5, 5.41) is 3.69. The fourth-order valence-electron chi connectivity index (χ4n) is 1.29. The van der Waals surface area contributed by atoms with E-state index in [0.717, 1.165) is 6.29 Å². The average Bonchev–Trinajstić information content (AvgIpc) is 2.30. The molecule has 1 rings (SSSR count). The van der Waals surface area contributed by atoms with Crippen molar-refractivity contribution in [3.63, 3.8) is 0 Å². The fourth-order valence-corrected chi connectivity index (χ4v) is 1.29. The van der Waals surface area contributed by atoms with Crippen molar-refractivity contribution >= 4 is 12.0 Å². The molecule has 0 radical (unpaired) electrons. The summed E-state index contributed by atoms with van der Waals surface area (Å²) in [5.74, 6) is 0.554. The predicted molar refractivity (Wildman–Crippen MR) is 42.4 cm³/mol. The molecular formula is C8H13NO2. The Morgan fingerprint density at radius 2 is 2.27 bits per heavy atom. The number of aldehydes is 1. The van der Waals surface area contributed by atoms with E-state index in [1.807, 2.05) is 6.92 Å². The zero-order valence-corrected chi connectivity index (χ0v) is 7.07. The van der Waals surface area contributed by atoms with Crippen LogP contribution in [0.15, 0.2) is 5.16 Å². The van der Waals surface area contributed by atoms with Crippen LogP contribution in [0.25, 0.3) is 0 Å². The van der Waals surface area contributed by atoms with Crippen molar-refractivity contribution in [2.24, 2.45) is 17.0 Å². The Morgan fingerprint density at radius 3 is 2.55 bits per heavy atom. The highest BCUT2D eigenvalue weighted by atomic mass is 16.6. The van der Waals surface area contributed by atoms with Crippen LogP contribution < -0.4 is 0 Å². The molecule has 3 heteroatoms. The monoisotopic (exact) mass is 155 g/mol. The molecule has 1 aliphatic heterocycles. The largest absolute Gasteiger partial charge is 0.391 e. The lowest BCUT2D eigenvalue weighted by molar-refractivity contribution is -0.102.